The molecule has 0 bridgehead atoms. The van der Waals surface area contributed by atoms with Gasteiger partial charge in [0.25, 0.3) is 5.91 Å². The van der Waals surface area contributed by atoms with Gasteiger partial charge in [0.15, 0.2) is 0 Å². The average Bonchev–Trinajstić information content (AvgIpc) is 3.00. The van der Waals surface area contributed by atoms with Crippen molar-refractivity contribution >= 4 is 5.91 Å². The molecular formula is C21H23N3O2. The Hall–Kier alpha value is -2.92. The fraction of sp³-hybridized carbons (Fsp3) is 0.238. The van der Waals surface area contributed by atoms with Gasteiger partial charge in [0.2, 0.25) is 0 Å². The maximum absolute atomic E-state index is 12.3. The van der Waals surface area contributed by atoms with Crippen LogP contribution in [0.4, 0.5) is 0 Å². The van der Waals surface area contributed by atoms with Crippen LogP contribution in [0.1, 0.15) is 32.7 Å². The number of rotatable bonds is 7. The molecule has 0 unspecified atom stereocenters. The van der Waals surface area contributed by atoms with Crippen molar-refractivity contribution in [2.45, 2.75) is 26.7 Å². The number of nitrogens with zero attached hydrogens (tertiary/aromatic N) is 2. The quantitative estimate of drug-likeness (QED) is 0.711. The van der Waals surface area contributed by atoms with E-state index in [9.17, 15) is 4.79 Å². The van der Waals surface area contributed by atoms with Crippen molar-refractivity contribution in [1.82, 2.24) is 15.1 Å². The number of ether oxygens (including phenoxy) is 1. The van der Waals surface area contributed by atoms with Crippen LogP contribution >= 0.6 is 0 Å². The number of aryl methyl sites for hydroxylation is 1. The normalized spacial score (nSPS) is 10.7. The summed E-state index contributed by atoms with van der Waals surface area (Å²) in [7, 11) is 1.82. The zero-order chi connectivity index (χ0) is 18.4. The Morgan fingerprint density at radius 3 is 2.46 bits per heavy atom. The van der Waals surface area contributed by atoms with Crippen LogP contribution in [0.15, 0.2) is 60.8 Å². The molecule has 0 aliphatic rings. The number of hydrogen-bond acceptors (Lipinski definition) is 3. The van der Waals surface area contributed by atoms with E-state index in [1.165, 1.54) is 0 Å². The molecule has 26 heavy (non-hydrogen) atoms. The summed E-state index contributed by atoms with van der Waals surface area (Å²) >= 11 is 0. The van der Waals surface area contributed by atoms with Crippen molar-refractivity contribution in [1.29, 1.82) is 0 Å². The number of aromatic nitrogens is 2. The number of benzene rings is 2. The molecule has 5 heteroatoms. The predicted molar refractivity (Wildman–Crippen MR) is 100 cm³/mol. The van der Waals surface area contributed by atoms with Gasteiger partial charge in [-0.3, -0.25) is 9.48 Å². The highest BCUT2D eigenvalue weighted by Crippen LogP contribution is 2.10. The lowest BCUT2D eigenvalue weighted by molar-refractivity contribution is 0.0950. The molecule has 0 aliphatic heterocycles. The van der Waals surface area contributed by atoms with Gasteiger partial charge in [0.05, 0.1) is 25.0 Å². The number of carbonyl (C=O) groups is 1. The number of hydrogen-bond donors (Lipinski definition) is 1. The monoisotopic (exact) mass is 349 g/mol. The largest absolute Gasteiger partial charge is 0.372 e. The van der Waals surface area contributed by atoms with Crippen LogP contribution in [0, 0.1) is 6.92 Å². The average molecular weight is 349 g/mol. The second kappa shape index (κ2) is 8.45. The first-order valence-electron chi connectivity index (χ1n) is 8.60. The Balaban J connectivity index is 1.52. The highest BCUT2D eigenvalue weighted by atomic mass is 16.5. The van der Waals surface area contributed by atoms with Crippen molar-refractivity contribution < 1.29 is 9.53 Å². The molecule has 0 atom stereocenters. The van der Waals surface area contributed by atoms with Crippen molar-refractivity contribution in [2.75, 3.05) is 0 Å². The van der Waals surface area contributed by atoms with Crippen LogP contribution in [0.25, 0.3) is 0 Å². The van der Waals surface area contributed by atoms with Gasteiger partial charge >= 0.3 is 0 Å². The molecule has 1 N–H and O–H groups in total. The summed E-state index contributed by atoms with van der Waals surface area (Å²) in [6.07, 6.45) is 1.60. The summed E-state index contributed by atoms with van der Waals surface area (Å²) in [4.78, 5) is 12.3. The van der Waals surface area contributed by atoms with Gasteiger partial charge in [-0.25, -0.2) is 0 Å². The predicted octanol–water partition coefficient (Wildman–Crippen LogP) is 3.38. The van der Waals surface area contributed by atoms with E-state index >= 15 is 0 Å². The molecule has 0 fully saturated rings. The van der Waals surface area contributed by atoms with E-state index in [0.29, 0.717) is 25.3 Å². The molecule has 1 heterocycles. The van der Waals surface area contributed by atoms with E-state index in [2.05, 4.69) is 16.5 Å². The molecule has 1 amide bonds. The van der Waals surface area contributed by atoms with Crippen LogP contribution < -0.4 is 5.32 Å². The summed E-state index contributed by atoms with van der Waals surface area (Å²) < 4.78 is 7.47. The molecule has 2 aromatic carbocycles. The number of amides is 1. The van der Waals surface area contributed by atoms with Gasteiger partial charge in [-0.2, -0.15) is 5.10 Å². The summed E-state index contributed by atoms with van der Waals surface area (Å²) in [6.45, 7) is 3.48. The number of carbonyl (C=O) groups excluding carboxylic acids is 1. The second-order valence-corrected chi connectivity index (χ2v) is 6.25. The third-order valence-corrected chi connectivity index (χ3v) is 4.30. The van der Waals surface area contributed by atoms with Gasteiger partial charge in [0, 0.05) is 19.3 Å². The van der Waals surface area contributed by atoms with Gasteiger partial charge in [0.1, 0.15) is 0 Å². The molecule has 0 radical (unpaired) electrons. The summed E-state index contributed by atoms with van der Waals surface area (Å²) in [5, 5.41) is 7.05. The standard InChI is InChI=1S/C21H23N3O2/c1-16-20(13-23-24(16)2)21(25)22-12-18-9-6-10-19(11-18)15-26-14-17-7-4-3-5-8-17/h3-11,13H,12,14-15H2,1-2H3,(H,22,25). The second-order valence-electron chi connectivity index (χ2n) is 6.25. The van der Waals surface area contributed by atoms with E-state index in [0.717, 1.165) is 22.4 Å². The van der Waals surface area contributed by atoms with Crippen molar-refractivity contribution in [2.24, 2.45) is 7.05 Å². The molecule has 0 saturated heterocycles. The van der Waals surface area contributed by atoms with Gasteiger partial charge in [-0.05, 0) is 23.6 Å². The molecular weight excluding hydrogens is 326 g/mol. The molecule has 0 spiro atoms. The van der Waals surface area contributed by atoms with Crippen molar-refractivity contribution in [3.05, 3.63) is 88.7 Å². The van der Waals surface area contributed by atoms with Crippen LogP contribution in [0.2, 0.25) is 0 Å². The zero-order valence-corrected chi connectivity index (χ0v) is 15.1. The molecule has 3 aromatic rings. The van der Waals surface area contributed by atoms with E-state index in [1.54, 1.807) is 10.9 Å². The Bertz CT molecular complexity index is 872. The van der Waals surface area contributed by atoms with E-state index in [4.69, 9.17) is 4.74 Å². The lowest BCUT2D eigenvalue weighted by Crippen LogP contribution is -2.23. The molecule has 0 saturated carbocycles. The molecule has 5 nitrogen and oxygen atoms in total. The Kier molecular flexibility index (Phi) is 5.81. The summed E-state index contributed by atoms with van der Waals surface area (Å²) in [5.74, 6) is -0.110. The summed E-state index contributed by atoms with van der Waals surface area (Å²) in [6, 6.07) is 18.2. The third kappa shape index (κ3) is 4.58. The molecule has 0 aliphatic carbocycles. The van der Waals surface area contributed by atoms with Crippen LogP contribution in [0.3, 0.4) is 0 Å². The molecule has 134 valence electrons. The third-order valence-electron chi connectivity index (χ3n) is 4.30. The number of nitrogens with one attached hydrogen (secondary N) is 1. The van der Waals surface area contributed by atoms with Crippen molar-refractivity contribution in [3.63, 3.8) is 0 Å². The topological polar surface area (TPSA) is 56.1 Å². The maximum Gasteiger partial charge on any atom is 0.255 e. The zero-order valence-electron chi connectivity index (χ0n) is 15.1. The molecule has 1 aromatic heterocycles. The first-order valence-corrected chi connectivity index (χ1v) is 8.60. The highest BCUT2D eigenvalue weighted by Gasteiger charge is 2.12. The van der Waals surface area contributed by atoms with Gasteiger partial charge in [-0.15, -0.1) is 0 Å². The lowest BCUT2D eigenvalue weighted by atomic mass is 10.1. The van der Waals surface area contributed by atoms with Gasteiger partial charge in [-0.1, -0.05) is 54.6 Å². The van der Waals surface area contributed by atoms with E-state index in [-0.39, 0.29) is 5.91 Å². The van der Waals surface area contributed by atoms with Crippen molar-refractivity contribution in [3.8, 4) is 0 Å². The molecule has 3 rings (SSSR count). The SMILES string of the molecule is Cc1c(C(=O)NCc2cccc(COCc3ccccc3)c2)cnn1C. The highest BCUT2D eigenvalue weighted by molar-refractivity contribution is 5.94. The first-order chi connectivity index (χ1) is 12.6. The maximum atomic E-state index is 12.3. The fourth-order valence-electron chi connectivity index (χ4n) is 2.69. The summed E-state index contributed by atoms with van der Waals surface area (Å²) in [5.41, 5.74) is 4.74. The van der Waals surface area contributed by atoms with Crippen LogP contribution in [-0.4, -0.2) is 15.7 Å². The minimum Gasteiger partial charge on any atom is -0.372 e. The fourth-order valence-corrected chi connectivity index (χ4v) is 2.69. The van der Waals surface area contributed by atoms with Crippen LogP contribution in [-0.2, 0) is 31.5 Å². The van der Waals surface area contributed by atoms with Gasteiger partial charge < -0.3 is 10.1 Å². The smallest absolute Gasteiger partial charge is 0.255 e. The lowest BCUT2D eigenvalue weighted by Gasteiger charge is -2.08. The Morgan fingerprint density at radius 2 is 1.73 bits per heavy atom. The Morgan fingerprint density at radius 1 is 1.04 bits per heavy atom. The Labute approximate surface area is 153 Å². The minimum atomic E-state index is -0.110. The minimum absolute atomic E-state index is 0.110. The van der Waals surface area contributed by atoms with E-state index in [1.807, 2.05) is 62.5 Å². The first kappa shape index (κ1) is 17.9. The van der Waals surface area contributed by atoms with E-state index < -0.39 is 0 Å². The van der Waals surface area contributed by atoms with Crippen LogP contribution in [0.5, 0.6) is 0 Å².